The Morgan fingerprint density at radius 2 is 1.85 bits per heavy atom. The fraction of sp³-hybridized carbons (Fsp3) is 0.480. The van der Waals surface area contributed by atoms with Crippen LogP contribution in [0.3, 0.4) is 0 Å². The molecule has 8 heteroatoms. The van der Waals surface area contributed by atoms with E-state index in [9.17, 15) is 13.2 Å². The highest BCUT2D eigenvalue weighted by Crippen LogP contribution is 2.42. The van der Waals surface area contributed by atoms with Crippen LogP contribution in [0.2, 0.25) is 0 Å². The molecule has 0 amide bonds. The summed E-state index contributed by atoms with van der Waals surface area (Å²) in [5.74, 6) is -0.0405. The quantitative estimate of drug-likeness (QED) is 0.547. The van der Waals surface area contributed by atoms with Crippen molar-refractivity contribution >= 4 is 15.8 Å². The first-order chi connectivity index (χ1) is 15.8. The van der Waals surface area contributed by atoms with Gasteiger partial charge in [-0.05, 0) is 30.0 Å². The van der Waals surface area contributed by atoms with Crippen molar-refractivity contribution in [2.45, 2.75) is 56.0 Å². The van der Waals surface area contributed by atoms with Gasteiger partial charge in [0, 0.05) is 11.6 Å². The van der Waals surface area contributed by atoms with E-state index in [0.717, 1.165) is 24.8 Å². The molecule has 7 nitrogen and oxygen atoms in total. The molecule has 1 N–H and O–H groups in total. The zero-order chi connectivity index (χ0) is 24.1. The van der Waals surface area contributed by atoms with E-state index < -0.39 is 21.3 Å². The number of rotatable bonds is 9. The molecule has 0 aliphatic carbocycles. The highest BCUT2D eigenvalue weighted by molar-refractivity contribution is 7.91. The number of fused-ring (bicyclic) bond motifs is 1. The van der Waals surface area contributed by atoms with Crippen molar-refractivity contribution in [3.05, 3.63) is 53.6 Å². The average molecular weight is 476 g/mol. The van der Waals surface area contributed by atoms with E-state index in [1.165, 1.54) is 20.3 Å². The fourth-order valence-corrected chi connectivity index (χ4v) is 6.47. The zero-order valence-corrected chi connectivity index (χ0v) is 20.5. The smallest absolute Gasteiger partial charge is 0.343 e. The standard InChI is InChI=1S/C25H33NO6S/c1-5-7-13-25(6-2)17-33(28,29)22-15-21(32-16-23(27)31-4)20(30-3)14-19(22)24(26-25)18-11-9-8-10-12-18/h8-12,14-15,24,26H,5-7,13,16-17H2,1-4H3/t24-,25-/m1/s1. The molecular formula is C25H33NO6S. The van der Waals surface area contributed by atoms with Gasteiger partial charge in [-0.1, -0.05) is 57.0 Å². The fourth-order valence-electron chi connectivity index (χ4n) is 4.34. The minimum absolute atomic E-state index is 0.0182. The number of carbonyl (C=O) groups is 1. The summed E-state index contributed by atoms with van der Waals surface area (Å²) in [6.07, 6.45) is 3.32. The maximum atomic E-state index is 13.7. The van der Waals surface area contributed by atoms with Crippen LogP contribution >= 0.6 is 0 Å². The van der Waals surface area contributed by atoms with Gasteiger partial charge in [-0.2, -0.15) is 0 Å². The third kappa shape index (κ3) is 5.50. The molecule has 1 aliphatic rings. The molecular weight excluding hydrogens is 442 g/mol. The Morgan fingerprint density at radius 3 is 2.45 bits per heavy atom. The Kier molecular flexibility index (Phi) is 8.02. The van der Waals surface area contributed by atoms with Crippen LogP contribution in [-0.2, 0) is 19.4 Å². The number of hydrogen-bond donors (Lipinski definition) is 1. The molecule has 2 aromatic rings. The molecule has 1 aliphatic heterocycles. The van der Waals surface area contributed by atoms with E-state index in [4.69, 9.17) is 9.47 Å². The summed E-state index contributed by atoms with van der Waals surface area (Å²) in [5, 5.41) is 3.72. The Morgan fingerprint density at radius 1 is 1.12 bits per heavy atom. The topological polar surface area (TPSA) is 90.9 Å². The lowest BCUT2D eigenvalue weighted by Gasteiger charge is -2.36. The van der Waals surface area contributed by atoms with Gasteiger partial charge in [0.15, 0.2) is 27.9 Å². The van der Waals surface area contributed by atoms with Crippen LogP contribution in [0.15, 0.2) is 47.4 Å². The van der Waals surface area contributed by atoms with Crippen LogP contribution in [0.25, 0.3) is 0 Å². The molecule has 0 spiro atoms. The van der Waals surface area contributed by atoms with Gasteiger partial charge in [0.05, 0.1) is 30.9 Å². The lowest BCUT2D eigenvalue weighted by atomic mass is 9.88. The number of sulfone groups is 1. The first-order valence-corrected chi connectivity index (χ1v) is 12.9. The number of unbranched alkanes of at least 4 members (excludes halogenated alkanes) is 1. The van der Waals surface area contributed by atoms with Crippen LogP contribution in [0.5, 0.6) is 11.5 Å². The largest absolute Gasteiger partial charge is 0.493 e. The third-order valence-electron chi connectivity index (χ3n) is 6.25. The molecule has 0 saturated heterocycles. The molecule has 1 heterocycles. The van der Waals surface area contributed by atoms with Gasteiger partial charge in [-0.3, -0.25) is 5.32 Å². The second-order valence-corrected chi connectivity index (χ2v) is 10.3. The van der Waals surface area contributed by atoms with Gasteiger partial charge >= 0.3 is 5.97 Å². The maximum Gasteiger partial charge on any atom is 0.343 e. The van der Waals surface area contributed by atoms with Crippen molar-refractivity contribution in [2.24, 2.45) is 0 Å². The summed E-state index contributed by atoms with van der Waals surface area (Å²) in [5.41, 5.74) is 1.00. The maximum absolute atomic E-state index is 13.7. The van der Waals surface area contributed by atoms with E-state index >= 15 is 0 Å². The Labute approximate surface area is 196 Å². The lowest BCUT2D eigenvalue weighted by molar-refractivity contribution is -0.142. The van der Waals surface area contributed by atoms with Crippen molar-refractivity contribution in [1.29, 1.82) is 0 Å². The SMILES string of the molecule is CCCC[C@]1(CC)CS(=O)(=O)c2cc(OCC(=O)OC)c(OC)cc2[C@@H](c2ccccc2)N1. The second-order valence-electron chi connectivity index (χ2n) is 8.39. The molecule has 2 atom stereocenters. The molecule has 2 aromatic carbocycles. The highest BCUT2D eigenvalue weighted by atomic mass is 32.2. The third-order valence-corrected chi connectivity index (χ3v) is 8.21. The predicted molar refractivity (Wildman–Crippen MR) is 127 cm³/mol. The number of benzene rings is 2. The van der Waals surface area contributed by atoms with Gasteiger partial charge in [-0.15, -0.1) is 0 Å². The van der Waals surface area contributed by atoms with E-state index in [-0.39, 0.29) is 29.0 Å². The van der Waals surface area contributed by atoms with Crippen molar-refractivity contribution in [3.8, 4) is 11.5 Å². The minimum Gasteiger partial charge on any atom is -0.493 e. The number of methoxy groups -OCH3 is 2. The average Bonchev–Trinajstić information content (AvgIpc) is 2.93. The Hall–Kier alpha value is -2.58. The summed E-state index contributed by atoms with van der Waals surface area (Å²) in [6, 6.07) is 12.7. The number of nitrogens with one attached hydrogen (secondary N) is 1. The van der Waals surface area contributed by atoms with E-state index in [2.05, 4.69) is 17.0 Å². The number of hydrogen-bond acceptors (Lipinski definition) is 7. The summed E-state index contributed by atoms with van der Waals surface area (Å²) in [6.45, 7) is 3.79. The molecule has 0 saturated carbocycles. The monoisotopic (exact) mass is 475 g/mol. The van der Waals surface area contributed by atoms with Crippen LogP contribution in [-0.4, -0.2) is 46.5 Å². The van der Waals surface area contributed by atoms with Crippen molar-refractivity contribution < 1.29 is 27.4 Å². The molecule has 0 bridgehead atoms. The summed E-state index contributed by atoms with van der Waals surface area (Å²) in [4.78, 5) is 11.8. The molecule has 0 fully saturated rings. The molecule has 0 unspecified atom stereocenters. The van der Waals surface area contributed by atoms with Gasteiger partial charge in [0.1, 0.15) is 0 Å². The normalized spacial score (nSPS) is 21.5. The van der Waals surface area contributed by atoms with E-state index in [1.54, 1.807) is 6.07 Å². The molecule has 0 aromatic heterocycles. The second kappa shape index (κ2) is 10.6. The molecule has 0 radical (unpaired) electrons. The minimum atomic E-state index is -3.68. The van der Waals surface area contributed by atoms with Crippen molar-refractivity contribution in [3.63, 3.8) is 0 Å². The summed E-state index contributed by atoms with van der Waals surface area (Å²) in [7, 11) is -0.924. The van der Waals surface area contributed by atoms with Crippen LogP contribution in [0.1, 0.15) is 56.7 Å². The highest BCUT2D eigenvalue weighted by Gasteiger charge is 2.42. The molecule has 3 rings (SSSR count). The number of esters is 1. The van der Waals surface area contributed by atoms with Gasteiger partial charge in [0.25, 0.3) is 0 Å². The first kappa shape index (κ1) is 25.1. The summed E-state index contributed by atoms with van der Waals surface area (Å²) >= 11 is 0. The van der Waals surface area contributed by atoms with Gasteiger partial charge < -0.3 is 14.2 Å². The Bertz CT molecular complexity index is 1070. The first-order valence-electron chi connectivity index (χ1n) is 11.3. The van der Waals surface area contributed by atoms with Crippen molar-refractivity contribution in [1.82, 2.24) is 5.32 Å². The molecule has 33 heavy (non-hydrogen) atoms. The van der Waals surface area contributed by atoms with Gasteiger partial charge in [-0.25, -0.2) is 13.2 Å². The van der Waals surface area contributed by atoms with E-state index in [1.807, 2.05) is 37.3 Å². The van der Waals surface area contributed by atoms with Crippen LogP contribution in [0.4, 0.5) is 0 Å². The van der Waals surface area contributed by atoms with Crippen LogP contribution in [0, 0.1) is 0 Å². The predicted octanol–water partition coefficient (Wildman–Crippen LogP) is 4.05. The number of carbonyl (C=O) groups excluding carboxylic acids is 1. The number of ether oxygens (including phenoxy) is 3. The van der Waals surface area contributed by atoms with Gasteiger partial charge in [0.2, 0.25) is 0 Å². The zero-order valence-electron chi connectivity index (χ0n) is 19.7. The molecule has 180 valence electrons. The summed E-state index contributed by atoms with van der Waals surface area (Å²) < 4.78 is 43.2. The van der Waals surface area contributed by atoms with Crippen molar-refractivity contribution in [2.75, 3.05) is 26.6 Å². The van der Waals surface area contributed by atoms with E-state index in [0.29, 0.717) is 17.7 Å². The lowest BCUT2D eigenvalue weighted by Crippen LogP contribution is -2.50. The Balaban J connectivity index is 2.20. The van der Waals surface area contributed by atoms with Crippen LogP contribution < -0.4 is 14.8 Å².